The van der Waals surface area contributed by atoms with Crippen LogP contribution in [0.3, 0.4) is 0 Å². The molecule has 1 fully saturated rings. The van der Waals surface area contributed by atoms with Gasteiger partial charge in [0.1, 0.15) is 18.3 Å². The number of hydrogen-bond acceptors (Lipinski definition) is 11. The van der Waals surface area contributed by atoms with Crippen molar-refractivity contribution in [3.05, 3.63) is 32.6 Å². The molecule has 2 rings (SSSR count). The van der Waals surface area contributed by atoms with Crippen LogP contribution in [0.25, 0.3) is 0 Å². The van der Waals surface area contributed by atoms with Crippen LogP contribution in [-0.2, 0) is 31.6 Å². The Morgan fingerprint density at radius 1 is 1.13 bits per heavy atom. The van der Waals surface area contributed by atoms with Crippen molar-refractivity contribution < 1.29 is 64.1 Å². The van der Waals surface area contributed by atoms with E-state index in [0.717, 1.165) is 6.20 Å². The molecule has 3 unspecified atom stereocenters. The number of nitrogens with zero attached hydrogens (tertiary/aromatic N) is 1. The number of hydrogen-bond donors (Lipinski definition) is 7. The molecule has 1 saturated heterocycles. The highest BCUT2D eigenvalue weighted by atomic mass is 31.3. The number of phosphoric ester groups is 1. The van der Waals surface area contributed by atoms with Gasteiger partial charge in [0, 0.05) is 11.8 Å². The van der Waals surface area contributed by atoms with E-state index in [0.29, 0.717) is 4.57 Å². The zero-order valence-electron chi connectivity index (χ0n) is 16.5. The Labute approximate surface area is 168 Å². The van der Waals surface area contributed by atoms with E-state index < -0.39 is 65.8 Å². The number of aliphatic hydroxyl groups excluding tert-OH is 2. The highest BCUT2D eigenvalue weighted by molar-refractivity contribution is 7.66. The molecule has 0 saturated carbocycles. The van der Waals surface area contributed by atoms with Crippen LogP contribution in [0.5, 0.6) is 0 Å². The zero-order chi connectivity index (χ0) is 24.9. The van der Waals surface area contributed by atoms with Crippen molar-refractivity contribution in [3.8, 4) is 0 Å². The molecule has 0 amide bonds. The predicted molar refractivity (Wildman–Crippen MR) is 91.8 cm³/mol. The molecule has 0 aliphatic carbocycles. The van der Waals surface area contributed by atoms with Crippen molar-refractivity contribution in [3.63, 3.8) is 0 Å². The van der Waals surface area contributed by atoms with E-state index in [1.807, 2.05) is 4.98 Å². The van der Waals surface area contributed by atoms with Gasteiger partial charge in [-0.1, -0.05) is 0 Å². The lowest BCUT2D eigenvalue weighted by atomic mass is 10.1. The minimum atomic E-state index is -5.98. The maximum Gasteiger partial charge on any atom is 0.490 e. The minimum absolute atomic E-state index is 0.0328. The zero-order valence-corrected chi connectivity index (χ0v) is 17.2. The van der Waals surface area contributed by atoms with Crippen molar-refractivity contribution in [1.82, 2.24) is 9.55 Å². The summed E-state index contributed by atoms with van der Waals surface area (Å²) in [6.07, 6.45) is -7.49. The predicted octanol–water partition coefficient (Wildman–Crippen LogP) is -2.19. The van der Waals surface area contributed by atoms with Crippen LogP contribution >= 0.6 is 23.5 Å². The Bertz CT molecular complexity index is 1130. The van der Waals surface area contributed by atoms with E-state index in [4.69, 9.17) is 22.2 Å². The summed E-state index contributed by atoms with van der Waals surface area (Å²) in [6, 6.07) is 0. The Hall–Kier alpha value is -1.03. The maximum atomic E-state index is 12.0. The number of aromatic amines is 1. The quantitative estimate of drug-likeness (QED) is 0.187. The number of aryl methyl sites for hydroxylation is 1. The first-order valence-corrected chi connectivity index (χ1v) is 11.9. The van der Waals surface area contributed by atoms with E-state index in [1.165, 1.54) is 6.92 Å². The highest BCUT2D eigenvalue weighted by Gasteiger charge is 2.46. The molecular weight excluding hydrogens is 481 g/mol. The summed E-state index contributed by atoms with van der Waals surface area (Å²) in [5, 5.41) is 20.2. The molecule has 30 heavy (non-hydrogen) atoms. The number of phosphoric acid groups is 3. The molecule has 7 N–H and O–H groups in total. The molecule has 6 atom stereocenters. The van der Waals surface area contributed by atoms with E-state index in [1.54, 1.807) is 0 Å². The van der Waals surface area contributed by atoms with Gasteiger partial charge in [-0.15, -0.1) is 0 Å². The first-order valence-electron chi connectivity index (χ1n) is 8.43. The van der Waals surface area contributed by atoms with Crippen LogP contribution in [0.1, 0.15) is 14.5 Å². The SMILES string of the molecule is [2H]C([2H])(OP(=O)(O)OP(=O)(O)OP(=O)(O)O)[C@@H]1O[C@H](n2cc(C)c(=O)[nH]c2=O)[C@H](O)C1O. The second kappa shape index (κ2) is 8.84. The van der Waals surface area contributed by atoms with E-state index in [9.17, 15) is 38.4 Å². The molecule has 0 aromatic carbocycles. The third-order valence-corrected chi connectivity index (χ3v) is 7.02. The van der Waals surface area contributed by atoms with Gasteiger partial charge in [0.05, 0.1) is 9.30 Å². The fourth-order valence-electron chi connectivity index (χ4n) is 2.18. The number of nitrogens with one attached hydrogen (secondary N) is 1. The maximum absolute atomic E-state index is 12.0. The Morgan fingerprint density at radius 2 is 1.73 bits per heavy atom. The monoisotopic (exact) mass is 500 g/mol. The standard InChI is InChI=1S/C10H17N2O15P3/c1-4-2-12(10(16)11-8(4)15)9-7(14)6(13)5(25-9)3-24-29(20,21)27-30(22,23)26-28(17,18)19/h2,5-7,9,13-14H,3H2,1H3,(H,20,21)(H,22,23)(H,11,15,16)(H2,17,18,19)/t5-,6?,7+,9-/m0/s1/i3D2. The van der Waals surface area contributed by atoms with E-state index >= 15 is 0 Å². The van der Waals surface area contributed by atoms with Crippen molar-refractivity contribution in [2.45, 2.75) is 31.5 Å². The summed E-state index contributed by atoms with van der Waals surface area (Å²) < 4.78 is 65.8. The highest BCUT2D eigenvalue weighted by Crippen LogP contribution is 2.66. The molecule has 2 heterocycles. The normalized spacial score (nSPS) is 30.2. The Kier molecular flexibility index (Phi) is 6.53. The van der Waals surface area contributed by atoms with Gasteiger partial charge < -0.3 is 34.5 Å². The van der Waals surface area contributed by atoms with Gasteiger partial charge in [-0.3, -0.25) is 18.9 Å². The molecule has 0 spiro atoms. The first kappa shape index (κ1) is 22.2. The molecule has 17 nitrogen and oxygen atoms in total. The number of ether oxygens (including phenoxy) is 1. The van der Waals surface area contributed by atoms with Crippen LogP contribution in [0.2, 0.25) is 0 Å². The Morgan fingerprint density at radius 3 is 2.30 bits per heavy atom. The molecular formula is C10H17N2O15P3. The number of rotatable bonds is 8. The van der Waals surface area contributed by atoms with Crippen LogP contribution in [-0.4, -0.2) is 64.2 Å². The van der Waals surface area contributed by atoms with Crippen molar-refractivity contribution in [2.24, 2.45) is 0 Å². The molecule has 20 heteroatoms. The van der Waals surface area contributed by atoms with E-state index in [2.05, 4.69) is 13.1 Å². The van der Waals surface area contributed by atoms with Crippen LogP contribution < -0.4 is 11.2 Å². The molecule has 1 aromatic rings. The summed E-state index contributed by atoms with van der Waals surface area (Å²) in [7, 11) is -17.6. The summed E-state index contributed by atoms with van der Waals surface area (Å²) in [5.41, 5.74) is -1.93. The lowest BCUT2D eigenvalue weighted by Gasteiger charge is -2.19. The second-order valence-corrected chi connectivity index (χ2v) is 10.1. The summed E-state index contributed by atoms with van der Waals surface area (Å²) in [6.45, 7) is -2.30. The van der Waals surface area contributed by atoms with Gasteiger partial charge in [0.25, 0.3) is 5.56 Å². The van der Waals surface area contributed by atoms with Crippen molar-refractivity contribution >= 4 is 23.5 Å². The van der Waals surface area contributed by atoms with Crippen molar-refractivity contribution in [2.75, 3.05) is 6.56 Å². The van der Waals surface area contributed by atoms with Gasteiger partial charge in [-0.2, -0.15) is 8.62 Å². The van der Waals surface area contributed by atoms with Gasteiger partial charge in [0.15, 0.2) is 6.23 Å². The van der Waals surface area contributed by atoms with Crippen LogP contribution in [0, 0.1) is 6.92 Å². The topological polar surface area (TPSA) is 264 Å². The van der Waals surface area contributed by atoms with Crippen LogP contribution in [0.4, 0.5) is 0 Å². The fraction of sp³-hybridized carbons (Fsp3) is 0.600. The van der Waals surface area contributed by atoms with Crippen LogP contribution in [0.15, 0.2) is 15.8 Å². The molecule has 172 valence electrons. The van der Waals surface area contributed by atoms with Gasteiger partial charge in [-0.25, -0.2) is 18.5 Å². The van der Waals surface area contributed by atoms with Gasteiger partial charge in [-0.05, 0) is 6.92 Å². The van der Waals surface area contributed by atoms with E-state index in [-0.39, 0.29) is 5.56 Å². The summed E-state index contributed by atoms with van der Waals surface area (Å²) in [4.78, 5) is 60.8. The van der Waals surface area contributed by atoms with Gasteiger partial charge in [0.2, 0.25) is 0 Å². The van der Waals surface area contributed by atoms with Gasteiger partial charge >= 0.3 is 29.2 Å². The first-order chi connectivity index (χ1) is 14.2. The summed E-state index contributed by atoms with van der Waals surface area (Å²) >= 11 is 0. The molecule has 1 aliphatic heterocycles. The fourth-order valence-corrected chi connectivity index (χ4v) is 5.05. The number of aromatic nitrogens is 2. The smallest absolute Gasteiger partial charge is 0.387 e. The second-order valence-electron chi connectivity index (χ2n) is 5.71. The summed E-state index contributed by atoms with van der Waals surface area (Å²) in [5.74, 6) is 0. The third kappa shape index (κ3) is 6.48. The number of H-pyrrole nitrogens is 1. The van der Waals surface area contributed by atoms with Crippen molar-refractivity contribution in [1.29, 1.82) is 0 Å². The largest absolute Gasteiger partial charge is 0.490 e. The minimum Gasteiger partial charge on any atom is -0.387 e. The lowest BCUT2D eigenvalue weighted by Crippen LogP contribution is -2.38. The third-order valence-electron chi connectivity index (χ3n) is 3.36. The molecule has 0 bridgehead atoms. The Balaban J connectivity index is 2.27. The average Bonchev–Trinajstić information content (AvgIpc) is 2.82. The lowest BCUT2D eigenvalue weighted by molar-refractivity contribution is -0.0543. The average molecular weight is 500 g/mol. The molecule has 1 aromatic heterocycles. The molecule has 0 radical (unpaired) electrons. The number of aliphatic hydroxyl groups is 2. The molecule has 1 aliphatic rings.